The van der Waals surface area contributed by atoms with Crippen molar-refractivity contribution in [3.8, 4) is 11.3 Å². The Balaban J connectivity index is 1.72. The quantitative estimate of drug-likeness (QED) is 0.350. The van der Waals surface area contributed by atoms with Gasteiger partial charge >= 0.3 is 11.9 Å². The highest BCUT2D eigenvalue weighted by Crippen LogP contribution is 2.19. The van der Waals surface area contributed by atoms with E-state index < -0.39 is 12.1 Å². The molecular formula is C30H36N2O4. The summed E-state index contributed by atoms with van der Waals surface area (Å²) in [5, 5.41) is 3.25. The number of pyridine rings is 1. The van der Waals surface area contributed by atoms with Crippen molar-refractivity contribution >= 4 is 11.9 Å². The lowest BCUT2D eigenvalue weighted by Gasteiger charge is -2.25. The molecule has 1 heterocycles. The van der Waals surface area contributed by atoms with Crippen molar-refractivity contribution in [2.24, 2.45) is 5.92 Å². The van der Waals surface area contributed by atoms with E-state index in [1.807, 2.05) is 93.7 Å². The monoisotopic (exact) mass is 488 g/mol. The summed E-state index contributed by atoms with van der Waals surface area (Å²) in [4.78, 5) is 30.3. The number of benzene rings is 2. The largest absolute Gasteiger partial charge is 0.465 e. The van der Waals surface area contributed by atoms with E-state index in [4.69, 9.17) is 9.47 Å². The summed E-state index contributed by atoms with van der Waals surface area (Å²) in [6.07, 6.45) is 2.78. The minimum absolute atomic E-state index is 0.189. The first-order chi connectivity index (χ1) is 17.4. The summed E-state index contributed by atoms with van der Waals surface area (Å²) in [7, 11) is 0. The summed E-state index contributed by atoms with van der Waals surface area (Å²) in [6, 6.07) is 20.2. The minimum atomic E-state index is -0.679. The number of carbonyl (C=O) groups excluding carboxylic acids is 2. The molecule has 0 bridgehead atoms. The van der Waals surface area contributed by atoms with Gasteiger partial charge in [0.15, 0.2) is 0 Å². The van der Waals surface area contributed by atoms with E-state index in [1.54, 1.807) is 6.92 Å². The first-order valence-electron chi connectivity index (χ1n) is 12.5. The maximum atomic E-state index is 13.0. The number of nitrogens with zero attached hydrogens (tertiary/aromatic N) is 1. The Labute approximate surface area is 214 Å². The molecule has 3 rings (SSSR count). The molecule has 2 aromatic carbocycles. The van der Waals surface area contributed by atoms with Crippen LogP contribution in [0, 0.1) is 12.8 Å². The molecule has 1 aromatic heterocycles. The van der Waals surface area contributed by atoms with Crippen LogP contribution in [-0.2, 0) is 32.1 Å². The van der Waals surface area contributed by atoms with Crippen LogP contribution >= 0.6 is 0 Å². The predicted octanol–water partition coefficient (Wildman–Crippen LogP) is 5.28. The molecule has 0 fully saturated rings. The molecule has 0 saturated carbocycles. The van der Waals surface area contributed by atoms with Crippen molar-refractivity contribution < 1.29 is 19.1 Å². The number of esters is 2. The van der Waals surface area contributed by atoms with Gasteiger partial charge in [-0.15, -0.1) is 0 Å². The normalized spacial score (nSPS) is 12.7. The van der Waals surface area contributed by atoms with E-state index in [0.29, 0.717) is 12.8 Å². The lowest BCUT2D eigenvalue weighted by molar-refractivity contribution is -0.150. The van der Waals surface area contributed by atoms with Crippen LogP contribution in [0.2, 0.25) is 0 Å². The molecule has 2 atom stereocenters. The fourth-order valence-electron chi connectivity index (χ4n) is 3.91. The van der Waals surface area contributed by atoms with Crippen LogP contribution in [0.1, 0.15) is 43.9 Å². The molecular weight excluding hydrogens is 452 g/mol. The van der Waals surface area contributed by atoms with Crippen LogP contribution in [-0.4, -0.2) is 35.6 Å². The molecule has 0 aliphatic rings. The highest BCUT2D eigenvalue weighted by molar-refractivity contribution is 5.80. The summed E-state index contributed by atoms with van der Waals surface area (Å²) < 4.78 is 10.9. The van der Waals surface area contributed by atoms with Crippen LogP contribution in [0.15, 0.2) is 72.9 Å². The second-order valence-corrected chi connectivity index (χ2v) is 9.37. The Morgan fingerprint density at radius 1 is 0.861 bits per heavy atom. The fourth-order valence-corrected chi connectivity index (χ4v) is 3.91. The van der Waals surface area contributed by atoms with Gasteiger partial charge in [-0.05, 0) is 55.4 Å². The van der Waals surface area contributed by atoms with E-state index in [2.05, 4.69) is 10.3 Å². The lowest BCUT2D eigenvalue weighted by Crippen LogP contribution is -2.50. The Morgan fingerprint density at radius 2 is 1.56 bits per heavy atom. The maximum absolute atomic E-state index is 13.0. The average Bonchev–Trinajstić information content (AvgIpc) is 2.88. The van der Waals surface area contributed by atoms with Crippen LogP contribution in [0.5, 0.6) is 0 Å². The van der Waals surface area contributed by atoms with Crippen molar-refractivity contribution in [3.63, 3.8) is 0 Å². The van der Waals surface area contributed by atoms with Crippen LogP contribution in [0.25, 0.3) is 11.3 Å². The first kappa shape index (κ1) is 27.1. The molecule has 1 unspecified atom stereocenters. The van der Waals surface area contributed by atoms with E-state index in [9.17, 15) is 9.59 Å². The van der Waals surface area contributed by atoms with Gasteiger partial charge in [-0.1, -0.05) is 74.5 Å². The smallest absolute Gasteiger partial charge is 0.323 e. The Hall–Kier alpha value is -3.51. The van der Waals surface area contributed by atoms with E-state index in [-0.39, 0.29) is 31.1 Å². The number of carbonyl (C=O) groups is 2. The van der Waals surface area contributed by atoms with Gasteiger partial charge in [0, 0.05) is 11.8 Å². The van der Waals surface area contributed by atoms with Crippen LogP contribution in [0.4, 0.5) is 0 Å². The number of aromatic nitrogens is 1. The molecule has 6 nitrogen and oxygen atoms in total. The van der Waals surface area contributed by atoms with Crippen molar-refractivity contribution in [2.45, 2.75) is 59.2 Å². The molecule has 6 heteroatoms. The maximum Gasteiger partial charge on any atom is 0.323 e. The number of aryl methyl sites for hydroxylation is 1. The molecule has 190 valence electrons. The molecule has 0 aliphatic carbocycles. The van der Waals surface area contributed by atoms with Crippen molar-refractivity contribution in [1.29, 1.82) is 0 Å². The van der Waals surface area contributed by atoms with Gasteiger partial charge in [0.05, 0.1) is 12.3 Å². The number of hydrogen-bond acceptors (Lipinski definition) is 6. The Kier molecular flexibility index (Phi) is 10.2. The number of nitrogens with one attached hydrogen (secondary N) is 1. The second kappa shape index (κ2) is 13.5. The third-order valence-corrected chi connectivity index (χ3v) is 5.79. The van der Waals surface area contributed by atoms with E-state index >= 15 is 0 Å². The van der Waals surface area contributed by atoms with Gasteiger partial charge in [-0.2, -0.15) is 0 Å². The van der Waals surface area contributed by atoms with Crippen molar-refractivity contribution in [2.75, 3.05) is 6.61 Å². The molecule has 0 spiro atoms. The van der Waals surface area contributed by atoms with Gasteiger partial charge in [0.25, 0.3) is 0 Å². The third-order valence-electron chi connectivity index (χ3n) is 5.79. The standard InChI is InChI=1S/C30H36N2O4/c1-5-35-29(33)28(18-23-12-14-25(15-13-23)26-16-11-22(4)19-31-26)32-27(17-21(2)3)30(34)36-20-24-9-7-6-8-10-24/h6-16,19,21,27-28,32H,5,17-18,20H2,1-4H3/t27-,28?/m0/s1. The molecule has 36 heavy (non-hydrogen) atoms. The number of hydrogen-bond donors (Lipinski definition) is 1. The highest BCUT2D eigenvalue weighted by Gasteiger charge is 2.29. The van der Waals surface area contributed by atoms with E-state index in [1.165, 1.54) is 0 Å². The number of ether oxygens (including phenoxy) is 2. The van der Waals surface area contributed by atoms with Crippen molar-refractivity contribution in [1.82, 2.24) is 10.3 Å². The minimum Gasteiger partial charge on any atom is -0.465 e. The molecule has 3 aromatic rings. The summed E-state index contributed by atoms with van der Waals surface area (Å²) in [5.41, 5.74) is 4.88. The van der Waals surface area contributed by atoms with Crippen molar-refractivity contribution in [3.05, 3.63) is 89.6 Å². The third kappa shape index (κ3) is 8.31. The zero-order chi connectivity index (χ0) is 25.9. The predicted molar refractivity (Wildman–Crippen MR) is 141 cm³/mol. The SMILES string of the molecule is CCOC(=O)C(Cc1ccc(-c2ccc(C)cn2)cc1)N[C@@H](CC(C)C)C(=O)OCc1ccccc1. The summed E-state index contributed by atoms with van der Waals surface area (Å²) in [5.74, 6) is -0.523. The molecule has 0 amide bonds. The second-order valence-electron chi connectivity index (χ2n) is 9.37. The molecule has 1 N–H and O–H groups in total. The molecule has 0 radical (unpaired) electrons. The Bertz CT molecular complexity index is 1100. The number of rotatable bonds is 12. The lowest BCUT2D eigenvalue weighted by atomic mass is 9.99. The highest BCUT2D eigenvalue weighted by atomic mass is 16.5. The zero-order valence-electron chi connectivity index (χ0n) is 21.6. The van der Waals surface area contributed by atoms with Gasteiger partial charge < -0.3 is 9.47 Å². The Morgan fingerprint density at radius 3 is 2.17 bits per heavy atom. The summed E-state index contributed by atoms with van der Waals surface area (Å²) >= 11 is 0. The molecule has 0 aliphatic heterocycles. The fraction of sp³-hybridized carbons (Fsp3) is 0.367. The van der Waals surface area contributed by atoms with Gasteiger partial charge in [-0.3, -0.25) is 19.9 Å². The van der Waals surface area contributed by atoms with Gasteiger partial charge in [0.1, 0.15) is 18.7 Å². The van der Waals surface area contributed by atoms with Crippen LogP contribution < -0.4 is 5.32 Å². The first-order valence-corrected chi connectivity index (χ1v) is 12.5. The van der Waals surface area contributed by atoms with Gasteiger partial charge in [0.2, 0.25) is 0 Å². The summed E-state index contributed by atoms with van der Waals surface area (Å²) in [6.45, 7) is 8.31. The zero-order valence-corrected chi connectivity index (χ0v) is 21.6. The topological polar surface area (TPSA) is 77.5 Å². The van der Waals surface area contributed by atoms with E-state index in [0.717, 1.165) is 27.9 Å². The van der Waals surface area contributed by atoms with Crippen LogP contribution in [0.3, 0.4) is 0 Å². The average molecular weight is 489 g/mol. The molecule has 0 saturated heterocycles. The van der Waals surface area contributed by atoms with Gasteiger partial charge in [-0.25, -0.2) is 0 Å².